The van der Waals surface area contributed by atoms with Crippen molar-refractivity contribution in [3.05, 3.63) is 48.2 Å². The molecule has 5 nitrogen and oxygen atoms in total. The maximum absolute atomic E-state index is 11.0. The highest BCUT2D eigenvalue weighted by Crippen LogP contribution is 2.22. The lowest BCUT2D eigenvalue weighted by molar-refractivity contribution is 0.0995. The quantitative estimate of drug-likeness (QED) is 0.892. The summed E-state index contributed by atoms with van der Waals surface area (Å²) in [6.07, 6.45) is 0. The summed E-state index contributed by atoms with van der Waals surface area (Å²) < 4.78 is 10.5. The average molecular weight is 244 g/mol. The van der Waals surface area contributed by atoms with E-state index in [1.165, 1.54) is 6.07 Å². The van der Waals surface area contributed by atoms with Crippen molar-refractivity contribution in [2.24, 2.45) is 5.73 Å². The second kappa shape index (κ2) is 5.18. The van der Waals surface area contributed by atoms with Crippen LogP contribution in [0.2, 0.25) is 0 Å². The second-order valence-electron chi connectivity index (χ2n) is 3.50. The van der Waals surface area contributed by atoms with Gasteiger partial charge in [0.05, 0.1) is 7.11 Å². The van der Waals surface area contributed by atoms with Gasteiger partial charge in [0, 0.05) is 6.07 Å². The lowest BCUT2D eigenvalue weighted by Crippen LogP contribution is -2.12. The molecule has 1 aromatic carbocycles. The monoisotopic (exact) mass is 244 g/mol. The summed E-state index contributed by atoms with van der Waals surface area (Å²) in [5.41, 5.74) is 5.31. The van der Waals surface area contributed by atoms with Gasteiger partial charge in [0.2, 0.25) is 5.88 Å². The highest BCUT2D eigenvalue weighted by molar-refractivity contribution is 5.90. The first kappa shape index (κ1) is 11.9. The van der Waals surface area contributed by atoms with Crippen molar-refractivity contribution < 1.29 is 14.3 Å². The van der Waals surface area contributed by atoms with Gasteiger partial charge in [-0.3, -0.25) is 4.79 Å². The largest absolute Gasteiger partial charge is 0.497 e. The zero-order valence-corrected chi connectivity index (χ0v) is 9.79. The fourth-order valence-electron chi connectivity index (χ4n) is 1.37. The summed E-state index contributed by atoms with van der Waals surface area (Å²) in [5, 5.41) is 0. The van der Waals surface area contributed by atoms with E-state index in [1.54, 1.807) is 43.5 Å². The van der Waals surface area contributed by atoms with Crippen LogP contribution in [-0.2, 0) is 0 Å². The van der Waals surface area contributed by atoms with Crippen LogP contribution in [0.5, 0.6) is 17.4 Å². The van der Waals surface area contributed by atoms with Crippen molar-refractivity contribution in [1.29, 1.82) is 0 Å². The van der Waals surface area contributed by atoms with Crippen LogP contribution in [0.15, 0.2) is 42.5 Å². The zero-order chi connectivity index (χ0) is 13.0. The molecule has 0 aliphatic rings. The lowest BCUT2D eigenvalue weighted by atomic mass is 10.3. The standard InChI is InChI=1S/C13H12N2O3/c1-17-9-5-7-10(8-6-9)18-12-4-2-3-11(15-12)13(14)16/h2-8H,1H3,(H2,14,16). The van der Waals surface area contributed by atoms with Gasteiger partial charge in [0.25, 0.3) is 5.91 Å². The average Bonchev–Trinajstić information content (AvgIpc) is 2.40. The molecule has 92 valence electrons. The highest BCUT2D eigenvalue weighted by atomic mass is 16.5. The topological polar surface area (TPSA) is 74.4 Å². The minimum atomic E-state index is -0.588. The van der Waals surface area contributed by atoms with Crippen molar-refractivity contribution in [1.82, 2.24) is 4.98 Å². The first-order valence-electron chi connectivity index (χ1n) is 5.28. The number of pyridine rings is 1. The van der Waals surface area contributed by atoms with Gasteiger partial charge >= 0.3 is 0 Å². The molecule has 0 atom stereocenters. The Balaban J connectivity index is 2.17. The molecule has 0 spiro atoms. The number of carbonyl (C=O) groups is 1. The van der Waals surface area contributed by atoms with Crippen LogP contribution < -0.4 is 15.2 Å². The van der Waals surface area contributed by atoms with E-state index < -0.39 is 5.91 Å². The van der Waals surface area contributed by atoms with Crippen LogP contribution in [0, 0.1) is 0 Å². The lowest BCUT2D eigenvalue weighted by Gasteiger charge is -2.06. The summed E-state index contributed by atoms with van der Waals surface area (Å²) in [7, 11) is 1.59. The highest BCUT2D eigenvalue weighted by Gasteiger charge is 2.04. The molecule has 18 heavy (non-hydrogen) atoms. The van der Waals surface area contributed by atoms with E-state index >= 15 is 0 Å². The number of carbonyl (C=O) groups excluding carboxylic acids is 1. The van der Waals surface area contributed by atoms with Gasteiger partial charge in [-0.15, -0.1) is 0 Å². The van der Waals surface area contributed by atoms with E-state index in [-0.39, 0.29) is 5.69 Å². The summed E-state index contributed by atoms with van der Waals surface area (Å²) in [5.74, 6) is 1.07. The molecule has 0 aliphatic carbocycles. The van der Waals surface area contributed by atoms with Gasteiger partial charge in [-0.1, -0.05) is 6.07 Å². The van der Waals surface area contributed by atoms with Gasteiger partial charge in [-0.05, 0) is 30.3 Å². The fraction of sp³-hybridized carbons (Fsp3) is 0.0769. The molecule has 0 saturated carbocycles. The molecule has 2 rings (SSSR count). The SMILES string of the molecule is COc1ccc(Oc2cccc(C(N)=O)n2)cc1. The Hall–Kier alpha value is -2.56. The van der Waals surface area contributed by atoms with Gasteiger partial charge in [0.15, 0.2) is 0 Å². The predicted molar refractivity (Wildman–Crippen MR) is 65.8 cm³/mol. The molecule has 0 radical (unpaired) electrons. The molecule has 0 unspecified atom stereocenters. The Morgan fingerprint density at radius 3 is 2.39 bits per heavy atom. The first-order chi connectivity index (χ1) is 8.69. The molecule has 0 aliphatic heterocycles. The van der Waals surface area contributed by atoms with Crippen molar-refractivity contribution in [3.8, 4) is 17.4 Å². The summed E-state index contributed by atoms with van der Waals surface area (Å²) >= 11 is 0. The number of nitrogens with two attached hydrogens (primary N) is 1. The predicted octanol–water partition coefficient (Wildman–Crippen LogP) is 1.98. The maximum Gasteiger partial charge on any atom is 0.267 e. The van der Waals surface area contributed by atoms with Gasteiger partial charge in [-0.25, -0.2) is 4.98 Å². The Morgan fingerprint density at radius 2 is 1.78 bits per heavy atom. The smallest absolute Gasteiger partial charge is 0.267 e. The number of methoxy groups -OCH3 is 1. The Kier molecular flexibility index (Phi) is 3.43. The van der Waals surface area contributed by atoms with E-state index in [4.69, 9.17) is 15.2 Å². The summed E-state index contributed by atoms with van der Waals surface area (Å²) in [4.78, 5) is 15.0. The normalized spacial score (nSPS) is 9.83. The van der Waals surface area contributed by atoms with Crippen molar-refractivity contribution in [2.45, 2.75) is 0 Å². The van der Waals surface area contributed by atoms with E-state index in [2.05, 4.69) is 4.98 Å². The number of hydrogen-bond donors (Lipinski definition) is 1. The zero-order valence-electron chi connectivity index (χ0n) is 9.79. The number of ether oxygens (including phenoxy) is 2. The fourth-order valence-corrected chi connectivity index (χ4v) is 1.37. The Bertz CT molecular complexity index is 552. The van der Waals surface area contributed by atoms with Crippen LogP contribution in [0.1, 0.15) is 10.5 Å². The third kappa shape index (κ3) is 2.76. The number of nitrogens with zero attached hydrogens (tertiary/aromatic N) is 1. The Morgan fingerprint density at radius 1 is 1.11 bits per heavy atom. The molecule has 2 N–H and O–H groups in total. The van der Waals surface area contributed by atoms with E-state index in [0.29, 0.717) is 11.6 Å². The molecule has 1 heterocycles. The van der Waals surface area contributed by atoms with Gasteiger partial charge in [-0.2, -0.15) is 0 Å². The third-order valence-corrected chi connectivity index (χ3v) is 2.26. The van der Waals surface area contributed by atoms with Crippen molar-refractivity contribution in [2.75, 3.05) is 7.11 Å². The molecule has 0 fully saturated rings. The maximum atomic E-state index is 11.0. The minimum absolute atomic E-state index is 0.168. The molecule has 2 aromatic rings. The third-order valence-electron chi connectivity index (χ3n) is 2.26. The summed E-state index contributed by atoms with van der Waals surface area (Å²) in [6, 6.07) is 11.9. The van der Waals surface area contributed by atoms with Crippen LogP contribution in [0.3, 0.4) is 0 Å². The molecule has 1 aromatic heterocycles. The number of benzene rings is 1. The van der Waals surface area contributed by atoms with Crippen LogP contribution in [0.4, 0.5) is 0 Å². The minimum Gasteiger partial charge on any atom is -0.497 e. The van der Waals surface area contributed by atoms with E-state index in [9.17, 15) is 4.79 Å². The van der Waals surface area contributed by atoms with Crippen LogP contribution >= 0.6 is 0 Å². The number of primary amides is 1. The molecule has 0 saturated heterocycles. The molecule has 5 heteroatoms. The second-order valence-corrected chi connectivity index (χ2v) is 3.50. The van der Waals surface area contributed by atoms with Crippen molar-refractivity contribution >= 4 is 5.91 Å². The molecule has 0 bridgehead atoms. The molecular formula is C13H12N2O3. The van der Waals surface area contributed by atoms with Crippen LogP contribution in [0.25, 0.3) is 0 Å². The number of rotatable bonds is 4. The van der Waals surface area contributed by atoms with Crippen molar-refractivity contribution in [3.63, 3.8) is 0 Å². The van der Waals surface area contributed by atoms with Gasteiger partial charge in [0.1, 0.15) is 17.2 Å². The Labute approximate surface area is 104 Å². The first-order valence-corrected chi connectivity index (χ1v) is 5.28. The molecular weight excluding hydrogens is 232 g/mol. The number of amides is 1. The number of hydrogen-bond acceptors (Lipinski definition) is 4. The number of aromatic nitrogens is 1. The van der Waals surface area contributed by atoms with E-state index in [1.807, 2.05) is 0 Å². The van der Waals surface area contributed by atoms with Crippen LogP contribution in [-0.4, -0.2) is 18.0 Å². The molecule has 1 amide bonds. The summed E-state index contributed by atoms with van der Waals surface area (Å²) in [6.45, 7) is 0. The van der Waals surface area contributed by atoms with Gasteiger partial charge < -0.3 is 15.2 Å². The van der Waals surface area contributed by atoms with E-state index in [0.717, 1.165) is 5.75 Å².